The van der Waals surface area contributed by atoms with Gasteiger partial charge in [0.25, 0.3) is 0 Å². The van der Waals surface area contributed by atoms with Gasteiger partial charge >= 0.3 is 5.97 Å². The molecule has 14 heavy (non-hydrogen) atoms. The quantitative estimate of drug-likeness (QED) is 0.584. The third kappa shape index (κ3) is 5.53. The third-order valence-electron chi connectivity index (χ3n) is 1.79. The number of hydrogen-bond acceptors (Lipinski definition) is 4. The Hall–Kier alpha value is -1.10. The molecule has 0 saturated carbocycles. The molecule has 0 heterocycles. The molecule has 0 radical (unpaired) electrons. The van der Waals surface area contributed by atoms with Gasteiger partial charge in [0.2, 0.25) is 5.91 Å². The normalized spacial score (nSPS) is 11.9. The topological polar surface area (TPSA) is 81.4 Å². The molecule has 0 aromatic rings. The van der Waals surface area contributed by atoms with Crippen LogP contribution >= 0.6 is 0 Å². The summed E-state index contributed by atoms with van der Waals surface area (Å²) in [6, 6.07) is -0.474. The third-order valence-corrected chi connectivity index (χ3v) is 1.79. The maximum Gasteiger partial charge on any atom is 0.307 e. The fraction of sp³-hybridized carbons (Fsp3) is 0.778. The Bertz CT molecular complexity index is 194. The fourth-order valence-electron chi connectivity index (χ4n) is 0.963. The van der Waals surface area contributed by atoms with Crippen molar-refractivity contribution < 1.29 is 14.3 Å². The van der Waals surface area contributed by atoms with Crippen LogP contribution in [0.2, 0.25) is 0 Å². The lowest BCUT2D eigenvalue weighted by atomic mass is 10.2. The number of rotatable bonds is 6. The fourth-order valence-corrected chi connectivity index (χ4v) is 0.963. The van der Waals surface area contributed by atoms with E-state index >= 15 is 0 Å². The molecule has 0 aliphatic carbocycles. The van der Waals surface area contributed by atoms with Gasteiger partial charge < -0.3 is 15.8 Å². The molecule has 0 bridgehead atoms. The van der Waals surface area contributed by atoms with Crippen LogP contribution in [0.5, 0.6) is 0 Å². The minimum Gasteiger partial charge on any atom is -0.469 e. The van der Waals surface area contributed by atoms with Crippen LogP contribution in [0.1, 0.15) is 26.2 Å². The van der Waals surface area contributed by atoms with Crippen molar-refractivity contribution in [1.29, 1.82) is 0 Å². The van der Waals surface area contributed by atoms with Crippen molar-refractivity contribution in [2.24, 2.45) is 5.73 Å². The number of nitrogens with two attached hydrogens (primary N) is 1. The number of nitrogens with one attached hydrogen (secondary N) is 1. The first-order chi connectivity index (χ1) is 6.61. The number of ether oxygens (including phenoxy) is 1. The Kier molecular flexibility index (Phi) is 6.74. The average Bonchev–Trinajstić information content (AvgIpc) is 2.17. The molecule has 0 saturated heterocycles. The van der Waals surface area contributed by atoms with E-state index in [1.54, 1.807) is 0 Å². The lowest BCUT2D eigenvalue weighted by molar-refractivity contribution is -0.140. The van der Waals surface area contributed by atoms with Gasteiger partial charge in [0.1, 0.15) is 0 Å². The molecule has 0 unspecified atom stereocenters. The summed E-state index contributed by atoms with van der Waals surface area (Å²) in [5, 5.41) is 2.57. The molecule has 0 aromatic carbocycles. The van der Waals surface area contributed by atoms with Crippen molar-refractivity contribution in [1.82, 2.24) is 5.32 Å². The molecule has 0 spiro atoms. The number of hydrogen-bond donors (Lipinski definition) is 2. The molecule has 82 valence electrons. The molecule has 0 aliphatic rings. The van der Waals surface area contributed by atoms with E-state index in [9.17, 15) is 9.59 Å². The van der Waals surface area contributed by atoms with Crippen LogP contribution in [-0.4, -0.2) is 31.6 Å². The van der Waals surface area contributed by atoms with E-state index in [2.05, 4.69) is 10.1 Å². The van der Waals surface area contributed by atoms with Crippen molar-refractivity contribution in [3.8, 4) is 0 Å². The van der Waals surface area contributed by atoms with Crippen LogP contribution in [0.25, 0.3) is 0 Å². The van der Waals surface area contributed by atoms with E-state index in [0.29, 0.717) is 6.42 Å². The SMILES string of the molecule is CCC[C@H](N)C(=O)NCCC(=O)OC. The summed E-state index contributed by atoms with van der Waals surface area (Å²) >= 11 is 0. The van der Waals surface area contributed by atoms with Crippen molar-refractivity contribution in [2.45, 2.75) is 32.2 Å². The van der Waals surface area contributed by atoms with Crippen molar-refractivity contribution >= 4 is 11.9 Å². The molecule has 0 rings (SSSR count). The minimum atomic E-state index is -0.474. The monoisotopic (exact) mass is 202 g/mol. The largest absolute Gasteiger partial charge is 0.469 e. The summed E-state index contributed by atoms with van der Waals surface area (Å²) in [6.07, 6.45) is 1.71. The second-order valence-corrected chi connectivity index (χ2v) is 3.01. The first kappa shape index (κ1) is 12.9. The molecular formula is C9H18N2O3. The Labute approximate surface area is 84.0 Å². The standard InChI is InChI=1S/C9H18N2O3/c1-3-4-7(10)9(13)11-6-5-8(12)14-2/h7H,3-6,10H2,1-2H3,(H,11,13)/t7-/m0/s1. The number of esters is 1. The number of amides is 1. The number of methoxy groups -OCH3 is 1. The molecule has 5 nitrogen and oxygen atoms in total. The summed E-state index contributed by atoms with van der Waals surface area (Å²) in [5.74, 6) is -0.551. The summed E-state index contributed by atoms with van der Waals surface area (Å²) in [4.78, 5) is 21.9. The van der Waals surface area contributed by atoms with Crippen LogP contribution in [-0.2, 0) is 14.3 Å². The molecular weight excluding hydrogens is 184 g/mol. The summed E-state index contributed by atoms with van der Waals surface area (Å²) in [6.45, 7) is 2.24. The number of carbonyl (C=O) groups excluding carboxylic acids is 2. The van der Waals surface area contributed by atoms with Crippen molar-refractivity contribution in [2.75, 3.05) is 13.7 Å². The van der Waals surface area contributed by atoms with Gasteiger partial charge in [-0.1, -0.05) is 13.3 Å². The van der Waals surface area contributed by atoms with Gasteiger partial charge in [-0.3, -0.25) is 9.59 Å². The van der Waals surface area contributed by atoms with Crippen LogP contribution in [0, 0.1) is 0 Å². The van der Waals surface area contributed by atoms with Crippen LogP contribution < -0.4 is 11.1 Å². The molecule has 1 amide bonds. The second-order valence-electron chi connectivity index (χ2n) is 3.01. The zero-order chi connectivity index (χ0) is 11.0. The first-order valence-corrected chi connectivity index (χ1v) is 4.72. The lowest BCUT2D eigenvalue weighted by Crippen LogP contribution is -2.41. The van der Waals surface area contributed by atoms with Crippen molar-refractivity contribution in [3.63, 3.8) is 0 Å². The molecule has 0 aromatic heterocycles. The summed E-state index contributed by atoms with van der Waals surface area (Å²) in [5.41, 5.74) is 5.55. The zero-order valence-corrected chi connectivity index (χ0v) is 8.71. The maximum absolute atomic E-state index is 11.2. The molecule has 0 fully saturated rings. The molecule has 5 heteroatoms. The average molecular weight is 202 g/mol. The molecule has 3 N–H and O–H groups in total. The van der Waals surface area contributed by atoms with E-state index in [1.807, 2.05) is 6.92 Å². The van der Waals surface area contributed by atoms with E-state index in [-0.39, 0.29) is 24.8 Å². The van der Waals surface area contributed by atoms with Crippen LogP contribution in [0.3, 0.4) is 0 Å². The Morgan fingerprint density at radius 1 is 1.50 bits per heavy atom. The highest BCUT2D eigenvalue weighted by Crippen LogP contribution is 1.92. The predicted molar refractivity (Wildman–Crippen MR) is 52.5 cm³/mol. The van der Waals surface area contributed by atoms with Gasteiger partial charge in [-0.2, -0.15) is 0 Å². The summed E-state index contributed by atoms with van der Waals surface area (Å²) in [7, 11) is 1.31. The maximum atomic E-state index is 11.2. The van der Waals surface area contributed by atoms with Crippen LogP contribution in [0.4, 0.5) is 0 Å². The van der Waals surface area contributed by atoms with E-state index in [0.717, 1.165) is 6.42 Å². The van der Waals surface area contributed by atoms with E-state index < -0.39 is 6.04 Å². The predicted octanol–water partition coefficient (Wildman–Crippen LogP) is -0.207. The smallest absolute Gasteiger partial charge is 0.307 e. The van der Waals surface area contributed by atoms with E-state index in [4.69, 9.17) is 5.73 Å². The first-order valence-electron chi connectivity index (χ1n) is 4.72. The summed E-state index contributed by atoms with van der Waals surface area (Å²) < 4.78 is 4.42. The van der Waals surface area contributed by atoms with E-state index in [1.165, 1.54) is 7.11 Å². The second kappa shape index (κ2) is 7.32. The Balaban J connectivity index is 3.58. The van der Waals surface area contributed by atoms with Crippen LogP contribution in [0.15, 0.2) is 0 Å². The van der Waals surface area contributed by atoms with Gasteiger partial charge in [-0.05, 0) is 6.42 Å². The molecule has 1 atom stereocenters. The molecule has 0 aliphatic heterocycles. The zero-order valence-electron chi connectivity index (χ0n) is 8.71. The van der Waals surface area contributed by atoms with Gasteiger partial charge in [-0.15, -0.1) is 0 Å². The highest BCUT2D eigenvalue weighted by molar-refractivity contribution is 5.81. The lowest BCUT2D eigenvalue weighted by Gasteiger charge is -2.10. The van der Waals surface area contributed by atoms with Gasteiger partial charge in [0.05, 0.1) is 19.6 Å². The Morgan fingerprint density at radius 3 is 2.64 bits per heavy atom. The van der Waals surface area contributed by atoms with Gasteiger partial charge in [0, 0.05) is 6.54 Å². The number of carbonyl (C=O) groups is 2. The highest BCUT2D eigenvalue weighted by atomic mass is 16.5. The van der Waals surface area contributed by atoms with Gasteiger partial charge in [-0.25, -0.2) is 0 Å². The minimum absolute atomic E-state index is 0.182. The Morgan fingerprint density at radius 2 is 2.14 bits per heavy atom. The van der Waals surface area contributed by atoms with Gasteiger partial charge in [0.15, 0.2) is 0 Å². The van der Waals surface area contributed by atoms with Crippen molar-refractivity contribution in [3.05, 3.63) is 0 Å². The highest BCUT2D eigenvalue weighted by Gasteiger charge is 2.11.